The minimum absolute atomic E-state index is 0.116. The van der Waals surface area contributed by atoms with Crippen molar-refractivity contribution in [3.63, 3.8) is 0 Å². The Morgan fingerprint density at radius 3 is 2.47 bits per heavy atom. The van der Waals surface area contributed by atoms with E-state index in [1.807, 2.05) is 0 Å². The number of nitrogens with one attached hydrogen (secondary N) is 1. The lowest BCUT2D eigenvalue weighted by atomic mass is 10.0. The van der Waals surface area contributed by atoms with Gasteiger partial charge < -0.3 is 15.2 Å². The van der Waals surface area contributed by atoms with Gasteiger partial charge in [0.2, 0.25) is 0 Å². The molecule has 1 fully saturated rings. The number of nitrogens with zero attached hydrogens (tertiary/aromatic N) is 2. The van der Waals surface area contributed by atoms with Crippen molar-refractivity contribution < 1.29 is 32.2 Å². The zero-order chi connectivity index (χ0) is 22.8. The number of alkyl halides is 3. The molecule has 0 bridgehead atoms. The highest BCUT2D eigenvalue weighted by Crippen LogP contribution is 2.42. The molecule has 1 saturated carbocycles. The molecule has 6 nitrogen and oxygen atoms in total. The van der Waals surface area contributed by atoms with Gasteiger partial charge in [-0.1, -0.05) is 30.3 Å². The van der Waals surface area contributed by atoms with Crippen molar-refractivity contribution in [1.82, 2.24) is 9.97 Å². The van der Waals surface area contributed by atoms with Crippen LogP contribution in [0.2, 0.25) is 0 Å². The topological polar surface area (TPSA) is 84.3 Å². The molecule has 10 heteroatoms. The molecule has 1 unspecified atom stereocenters. The van der Waals surface area contributed by atoms with Gasteiger partial charge in [-0.3, -0.25) is 0 Å². The van der Waals surface area contributed by atoms with Gasteiger partial charge in [0.05, 0.1) is 11.9 Å². The van der Waals surface area contributed by atoms with Crippen molar-refractivity contribution in [3.8, 4) is 16.9 Å². The Labute approximate surface area is 179 Å². The fourth-order valence-corrected chi connectivity index (χ4v) is 3.14. The Morgan fingerprint density at radius 2 is 1.84 bits per heavy atom. The minimum Gasteiger partial charge on any atom is -0.476 e. The quantitative estimate of drug-likeness (QED) is 0.441. The summed E-state index contributed by atoms with van der Waals surface area (Å²) < 4.78 is 59.2. The molecule has 0 amide bonds. The summed E-state index contributed by atoms with van der Waals surface area (Å²) in [6, 6.07) is 10.5. The summed E-state index contributed by atoms with van der Waals surface area (Å²) in [5.74, 6) is -3.16. The SMILES string of the molecule is O=C(O)c1nc(C2CC2)cnc1Nc1c(F)ccc(-c2ccccc2)c1OC(F)C(F)F. The number of hydrogen-bond donors (Lipinski definition) is 2. The molecule has 0 aliphatic heterocycles. The molecule has 1 aromatic heterocycles. The molecule has 1 aliphatic carbocycles. The largest absolute Gasteiger partial charge is 0.476 e. The van der Waals surface area contributed by atoms with E-state index in [4.69, 9.17) is 4.74 Å². The van der Waals surface area contributed by atoms with Gasteiger partial charge in [0.15, 0.2) is 23.1 Å². The third-order valence-corrected chi connectivity index (χ3v) is 4.85. The van der Waals surface area contributed by atoms with Crippen LogP contribution in [0.1, 0.15) is 34.9 Å². The highest BCUT2D eigenvalue weighted by atomic mass is 19.3. The Morgan fingerprint density at radius 1 is 1.12 bits per heavy atom. The smallest absolute Gasteiger partial charge is 0.358 e. The fourth-order valence-electron chi connectivity index (χ4n) is 3.14. The lowest BCUT2D eigenvalue weighted by molar-refractivity contribution is -0.0663. The first-order valence-electron chi connectivity index (χ1n) is 9.69. The maximum atomic E-state index is 14.8. The second-order valence-corrected chi connectivity index (χ2v) is 7.17. The standard InChI is InChI=1S/C22H17F4N3O3/c23-14-9-8-13(11-4-2-1-3-5-11)18(32-20(26)19(24)25)16(14)29-21-17(22(30)31)28-15(10-27-21)12-6-7-12/h1-5,8-10,12,19-20H,6-7H2,(H,27,29)(H,30,31). The monoisotopic (exact) mass is 447 g/mol. The van der Waals surface area contributed by atoms with E-state index >= 15 is 0 Å². The average Bonchev–Trinajstić information content (AvgIpc) is 3.62. The van der Waals surface area contributed by atoms with Crippen molar-refractivity contribution in [3.05, 3.63) is 65.9 Å². The van der Waals surface area contributed by atoms with Gasteiger partial charge in [0.25, 0.3) is 6.36 Å². The predicted octanol–water partition coefficient (Wildman–Crippen LogP) is 5.54. The van der Waals surface area contributed by atoms with Gasteiger partial charge in [0, 0.05) is 11.5 Å². The van der Waals surface area contributed by atoms with Gasteiger partial charge >= 0.3 is 12.4 Å². The van der Waals surface area contributed by atoms with E-state index in [0.717, 1.165) is 18.9 Å². The molecular formula is C22H17F4N3O3. The van der Waals surface area contributed by atoms with Crippen molar-refractivity contribution in [2.24, 2.45) is 0 Å². The number of aromatic carboxylic acids is 1. The van der Waals surface area contributed by atoms with Gasteiger partial charge in [0.1, 0.15) is 5.69 Å². The molecule has 0 radical (unpaired) electrons. The average molecular weight is 447 g/mol. The number of carboxylic acids is 1. The highest BCUT2D eigenvalue weighted by Gasteiger charge is 2.29. The Bertz CT molecular complexity index is 1140. The second-order valence-electron chi connectivity index (χ2n) is 7.17. The van der Waals surface area contributed by atoms with Crippen molar-refractivity contribution in [1.29, 1.82) is 0 Å². The summed E-state index contributed by atoms with van der Waals surface area (Å²) in [4.78, 5) is 19.8. The lowest BCUT2D eigenvalue weighted by Crippen LogP contribution is -2.21. The first-order chi connectivity index (χ1) is 15.3. The molecule has 2 N–H and O–H groups in total. The van der Waals surface area contributed by atoms with Crippen molar-refractivity contribution in [2.45, 2.75) is 31.5 Å². The predicted molar refractivity (Wildman–Crippen MR) is 108 cm³/mol. The number of carboxylic acid groups (broad SMARTS) is 1. The number of ether oxygens (including phenoxy) is 1. The van der Waals surface area contributed by atoms with Crippen LogP contribution in [-0.4, -0.2) is 33.8 Å². The van der Waals surface area contributed by atoms with Gasteiger partial charge in [-0.15, -0.1) is 0 Å². The minimum atomic E-state index is -3.48. The highest BCUT2D eigenvalue weighted by molar-refractivity contribution is 5.92. The fraction of sp³-hybridized carbons (Fsp3) is 0.227. The van der Waals surface area contributed by atoms with E-state index in [-0.39, 0.29) is 17.3 Å². The number of hydrogen-bond acceptors (Lipinski definition) is 5. The molecule has 2 aromatic carbocycles. The van der Waals surface area contributed by atoms with Crippen LogP contribution in [0, 0.1) is 5.82 Å². The van der Waals surface area contributed by atoms with E-state index in [9.17, 15) is 27.5 Å². The summed E-state index contributed by atoms with van der Waals surface area (Å²) >= 11 is 0. The number of carbonyl (C=O) groups is 1. The molecule has 3 aromatic rings. The molecular weight excluding hydrogens is 430 g/mol. The number of halogens is 4. The molecule has 0 spiro atoms. The summed E-state index contributed by atoms with van der Waals surface area (Å²) in [7, 11) is 0. The number of benzene rings is 2. The van der Waals surface area contributed by atoms with Gasteiger partial charge in [-0.2, -0.15) is 4.39 Å². The Hall–Kier alpha value is -3.69. The van der Waals surface area contributed by atoms with E-state index in [2.05, 4.69) is 15.3 Å². The first-order valence-corrected chi connectivity index (χ1v) is 9.69. The zero-order valence-corrected chi connectivity index (χ0v) is 16.4. The summed E-state index contributed by atoms with van der Waals surface area (Å²) in [5.41, 5.74) is 0.0449. The van der Waals surface area contributed by atoms with E-state index in [1.54, 1.807) is 30.3 Å². The number of rotatable bonds is 8. The van der Waals surface area contributed by atoms with E-state index < -0.39 is 41.7 Å². The number of anilines is 2. The maximum absolute atomic E-state index is 14.8. The molecule has 0 saturated heterocycles. The second kappa shape index (κ2) is 8.81. The summed E-state index contributed by atoms with van der Waals surface area (Å²) in [6.07, 6.45) is -3.44. The molecule has 4 rings (SSSR count). The van der Waals surface area contributed by atoms with Crippen LogP contribution in [0.3, 0.4) is 0 Å². The number of aromatic nitrogens is 2. The molecule has 1 aliphatic rings. The van der Waals surface area contributed by atoms with Gasteiger partial charge in [-0.05, 0) is 30.5 Å². The molecule has 32 heavy (non-hydrogen) atoms. The van der Waals surface area contributed by atoms with Crippen LogP contribution in [0.15, 0.2) is 48.7 Å². The first kappa shape index (κ1) is 21.5. The molecule has 1 atom stereocenters. The van der Waals surface area contributed by atoms with E-state index in [0.29, 0.717) is 11.3 Å². The molecule has 1 heterocycles. The van der Waals surface area contributed by atoms with Crippen LogP contribution in [0.5, 0.6) is 5.75 Å². The third kappa shape index (κ3) is 4.48. The van der Waals surface area contributed by atoms with Crippen molar-refractivity contribution >= 4 is 17.5 Å². The summed E-state index contributed by atoms with van der Waals surface area (Å²) in [5, 5.41) is 12.0. The van der Waals surface area contributed by atoms with Gasteiger partial charge in [-0.25, -0.2) is 27.9 Å². The van der Waals surface area contributed by atoms with Crippen LogP contribution >= 0.6 is 0 Å². The Balaban J connectivity index is 1.82. The summed E-state index contributed by atoms with van der Waals surface area (Å²) in [6.45, 7) is 0. The zero-order valence-electron chi connectivity index (χ0n) is 16.4. The van der Waals surface area contributed by atoms with Crippen LogP contribution in [-0.2, 0) is 0 Å². The van der Waals surface area contributed by atoms with E-state index in [1.165, 1.54) is 12.3 Å². The van der Waals surface area contributed by atoms with Crippen LogP contribution < -0.4 is 10.1 Å². The van der Waals surface area contributed by atoms with Crippen LogP contribution in [0.4, 0.5) is 29.1 Å². The normalized spacial score (nSPS) is 14.3. The molecule has 166 valence electrons. The lowest BCUT2D eigenvalue weighted by Gasteiger charge is -2.20. The maximum Gasteiger partial charge on any atom is 0.358 e. The Kier molecular flexibility index (Phi) is 5.93. The van der Waals surface area contributed by atoms with Crippen molar-refractivity contribution in [2.75, 3.05) is 5.32 Å². The van der Waals surface area contributed by atoms with Crippen LogP contribution in [0.25, 0.3) is 11.1 Å². The third-order valence-electron chi connectivity index (χ3n) is 4.85.